The van der Waals surface area contributed by atoms with E-state index in [4.69, 9.17) is 0 Å². The van der Waals surface area contributed by atoms with Crippen LogP contribution in [-0.4, -0.2) is 34.8 Å². The smallest absolute Gasteiger partial charge is 0.247 e. The van der Waals surface area contributed by atoms with Crippen molar-refractivity contribution in [2.75, 3.05) is 5.75 Å². The van der Waals surface area contributed by atoms with E-state index >= 15 is 0 Å². The van der Waals surface area contributed by atoms with E-state index in [-0.39, 0.29) is 17.2 Å². The third-order valence-corrected chi connectivity index (χ3v) is 6.15. The molecule has 0 aliphatic carbocycles. The van der Waals surface area contributed by atoms with Crippen LogP contribution in [0.5, 0.6) is 0 Å². The zero-order valence-electron chi connectivity index (χ0n) is 22.6. The topological polar surface area (TPSA) is 78.4 Å². The molecular formula is C27H50N2O3S. The zero-order chi connectivity index (χ0) is 26.0. The molecule has 0 radical (unpaired) electrons. The van der Waals surface area contributed by atoms with Crippen molar-refractivity contribution in [1.29, 1.82) is 0 Å². The third-order valence-electron chi connectivity index (χ3n) is 4.79. The van der Waals surface area contributed by atoms with Crippen molar-refractivity contribution in [1.82, 2.24) is 10.6 Å². The fraction of sp³-hybridized carbons (Fsp3) is 0.704. The molecule has 5 nitrogen and oxygen atoms in total. The summed E-state index contributed by atoms with van der Waals surface area (Å²) >= 11 is 1.56. The second-order valence-electron chi connectivity index (χ2n) is 8.56. The van der Waals surface area contributed by atoms with Gasteiger partial charge in [-0.2, -0.15) is 0 Å². The van der Waals surface area contributed by atoms with E-state index in [1.807, 2.05) is 41.5 Å². The predicted molar refractivity (Wildman–Crippen MR) is 145 cm³/mol. The lowest BCUT2D eigenvalue weighted by Crippen LogP contribution is -2.50. The number of amides is 2. The number of thioether (sulfide) groups is 1. The lowest BCUT2D eigenvalue weighted by atomic mass is 9.91. The first-order chi connectivity index (χ1) is 15.6. The zero-order valence-corrected chi connectivity index (χ0v) is 23.4. The molecule has 0 spiro atoms. The average molecular weight is 483 g/mol. The van der Waals surface area contributed by atoms with Gasteiger partial charge in [0.15, 0.2) is 0 Å². The number of allylic oxidation sites excluding steroid dienone is 4. The second kappa shape index (κ2) is 18.8. The maximum atomic E-state index is 12.9. The van der Waals surface area contributed by atoms with Crippen LogP contribution in [0, 0.1) is 11.3 Å². The first-order valence-electron chi connectivity index (χ1n) is 12.6. The van der Waals surface area contributed by atoms with Gasteiger partial charge in [-0.15, -0.1) is 11.8 Å². The van der Waals surface area contributed by atoms with Crippen molar-refractivity contribution in [2.24, 2.45) is 11.3 Å². The molecule has 33 heavy (non-hydrogen) atoms. The van der Waals surface area contributed by atoms with Gasteiger partial charge in [-0.1, -0.05) is 87.5 Å². The third kappa shape index (κ3) is 13.7. The van der Waals surface area contributed by atoms with Crippen molar-refractivity contribution in [3.05, 3.63) is 35.4 Å². The lowest BCUT2D eigenvalue weighted by Gasteiger charge is -2.24. The Balaban J connectivity index is 0. The minimum atomic E-state index is -0.728. The van der Waals surface area contributed by atoms with E-state index in [9.17, 15) is 14.7 Å². The number of aliphatic hydroxyl groups is 1. The molecule has 1 rings (SSSR count). The molecule has 3 N–H and O–H groups in total. The molecular weight excluding hydrogens is 432 g/mol. The van der Waals surface area contributed by atoms with Gasteiger partial charge in [0.2, 0.25) is 11.8 Å². The number of nitrogens with one attached hydrogen (secondary N) is 2. The lowest BCUT2D eigenvalue weighted by molar-refractivity contribution is -0.133. The van der Waals surface area contributed by atoms with Crippen LogP contribution in [0.3, 0.4) is 0 Å². The molecule has 0 saturated carbocycles. The van der Waals surface area contributed by atoms with Crippen molar-refractivity contribution in [3.63, 3.8) is 0 Å². The highest BCUT2D eigenvalue weighted by Gasteiger charge is 2.31. The molecule has 0 aromatic carbocycles. The van der Waals surface area contributed by atoms with Crippen LogP contribution in [0.2, 0.25) is 0 Å². The van der Waals surface area contributed by atoms with Gasteiger partial charge in [-0.05, 0) is 37.2 Å². The Kier molecular flexibility index (Phi) is 19.2. The van der Waals surface area contributed by atoms with Gasteiger partial charge in [0.1, 0.15) is 6.04 Å². The summed E-state index contributed by atoms with van der Waals surface area (Å²) in [5.41, 5.74) is 0.820. The fourth-order valence-electron chi connectivity index (χ4n) is 3.18. The summed E-state index contributed by atoms with van der Waals surface area (Å²) in [4.78, 5) is 26.5. The van der Waals surface area contributed by atoms with Crippen molar-refractivity contribution >= 4 is 23.6 Å². The standard InChI is InChI=1S/C23H38N2O3S.2C2H6/c1-7-12-16(19(26)13-10-11-14-23(4,5)6)21(27)25-18-15-29-20(9-3)17(8-2)24-22(18)28;2*1-2/h8,11,14,16,18-19,26H,2,7,9-10,12-13,15H2,1,3-6H3,(H,24,28)(H,25,27);2*1-2H3/b14-11+;;. The summed E-state index contributed by atoms with van der Waals surface area (Å²) in [5, 5.41) is 16.4. The van der Waals surface area contributed by atoms with E-state index < -0.39 is 18.1 Å². The highest BCUT2D eigenvalue weighted by Crippen LogP contribution is 2.26. The first kappa shape index (κ1) is 33.6. The number of aliphatic hydroxyl groups excluding tert-OH is 1. The summed E-state index contributed by atoms with van der Waals surface area (Å²) in [6, 6.07) is -0.626. The van der Waals surface area contributed by atoms with Crippen LogP contribution < -0.4 is 10.6 Å². The van der Waals surface area contributed by atoms with Gasteiger partial charge in [0.25, 0.3) is 0 Å². The molecule has 2 amide bonds. The number of rotatable bonds is 10. The SMILES string of the molecule is C=CC1=C(CC)SCC(NC(=O)C(CCC)C(O)CC/C=C/C(C)(C)C)C(=O)N1.CC.CC. The monoisotopic (exact) mass is 482 g/mol. The largest absolute Gasteiger partial charge is 0.392 e. The normalized spacial score (nSPS) is 18.1. The van der Waals surface area contributed by atoms with Crippen LogP contribution in [0.25, 0.3) is 0 Å². The van der Waals surface area contributed by atoms with E-state index in [2.05, 4.69) is 50.1 Å². The molecule has 3 atom stereocenters. The van der Waals surface area contributed by atoms with E-state index in [0.717, 1.165) is 29.9 Å². The Morgan fingerprint density at radius 2 is 1.85 bits per heavy atom. The minimum absolute atomic E-state index is 0.103. The van der Waals surface area contributed by atoms with Crippen molar-refractivity contribution < 1.29 is 14.7 Å². The maximum Gasteiger partial charge on any atom is 0.247 e. The average Bonchev–Trinajstić information content (AvgIpc) is 2.95. The summed E-state index contributed by atoms with van der Waals surface area (Å²) in [6.45, 7) is 22.2. The quantitative estimate of drug-likeness (QED) is 0.317. The van der Waals surface area contributed by atoms with Gasteiger partial charge in [-0.25, -0.2) is 0 Å². The Morgan fingerprint density at radius 3 is 2.33 bits per heavy atom. The summed E-state index contributed by atoms with van der Waals surface area (Å²) in [5.74, 6) is -0.523. The Labute approximate surface area is 208 Å². The molecule has 0 fully saturated rings. The molecule has 1 aliphatic heterocycles. The van der Waals surface area contributed by atoms with Crippen molar-refractivity contribution in [3.8, 4) is 0 Å². The maximum absolute atomic E-state index is 12.9. The van der Waals surface area contributed by atoms with Gasteiger partial charge in [0.05, 0.1) is 12.0 Å². The summed E-state index contributed by atoms with van der Waals surface area (Å²) in [6.07, 6.45) is 8.53. The molecule has 6 heteroatoms. The Hall–Kier alpha value is -1.53. The molecule has 1 aliphatic rings. The Morgan fingerprint density at radius 1 is 1.24 bits per heavy atom. The number of carbonyl (C=O) groups is 2. The molecule has 0 aromatic rings. The molecule has 0 bridgehead atoms. The Bertz CT molecular complexity index is 636. The molecule has 0 saturated heterocycles. The first-order valence-corrected chi connectivity index (χ1v) is 13.6. The van der Waals surface area contributed by atoms with Crippen LogP contribution in [0.15, 0.2) is 35.4 Å². The number of hydrogen-bond donors (Lipinski definition) is 3. The van der Waals surface area contributed by atoms with Gasteiger partial charge < -0.3 is 15.7 Å². The number of hydrogen-bond acceptors (Lipinski definition) is 4. The van der Waals surface area contributed by atoms with Gasteiger partial charge >= 0.3 is 0 Å². The fourth-order valence-corrected chi connectivity index (χ4v) is 4.28. The van der Waals surface area contributed by atoms with E-state index in [1.165, 1.54) is 0 Å². The summed E-state index contributed by atoms with van der Waals surface area (Å²) in [7, 11) is 0. The molecule has 3 unspecified atom stereocenters. The summed E-state index contributed by atoms with van der Waals surface area (Å²) < 4.78 is 0. The highest BCUT2D eigenvalue weighted by molar-refractivity contribution is 8.03. The second-order valence-corrected chi connectivity index (χ2v) is 9.68. The van der Waals surface area contributed by atoms with Gasteiger partial charge in [0, 0.05) is 16.4 Å². The minimum Gasteiger partial charge on any atom is -0.392 e. The van der Waals surface area contributed by atoms with E-state index in [0.29, 0.717) is 18.6 Å². The van der Waals surface area contributed by atoms with Crippen LogP contribution in [0.4, 0.5) is 0 Å². The molecule has 1 heterocycles. The van der Waals surface area contributed by atoms with Crippen LogP contribution >= 0.6 is 11.8 Å². The highest BCUT2D eigenvalue weighted by atomic mass is 32.2. The molecule has 192 valence electrons. The van der Waals surface area contributed by atoms with E-state index in [1.54, 1.807) is 17.8 Å². The van der Waals surface area contributed by atoms with Crippen LogP contribution in [-0.2, 0) is 9.59 Å². The number of carbonyl (C=O) groups excluding carboxylic acids is 2. The predicted octanol–water partition coefficient (Wildman–Crippen LogP) is 6.35. The van der Waals surface area contributed by atoms with Crippen molar-refractivity contribution in [2.45, 2.75) is 107 Å². The van der Waals surface area contributed by atoms with Gasteiger partial charge in [-0.3, -0.25) is 9.59 Å². The van der Waals surface area contributed by atoms with Crippen LogP contribution in [0.1, 0.15) is 94.4 Å². The molecule has 0 aromatic heterocycles.